The molecule has 3 heterocycles. The lowest BCUT2D eigenvalue weighted by Crippen LogP contribution is -2.40. The van der Waals surface area contributed by atoms with E-state index in [0.717, 1.165) is 30.8 Å². The first-order chi connectivity index (χ1) is 10.2. The van der Waals surface area contributed by atoms with Gasteiger partial charge in [-0.15, -0.1) is 0 Å². The molecule has 0 amide bonds. The van der Waals surface area contributed by atoms with Gasteiger partial charge < -0.3 is 4.90 Å². The molecule has 4 nitrogen and oxygen atoms in total. The molecule has 3 rings (SSSR count). The lowest BCUT2D eigenvalue weighted by atomic mass is 9.74. The maximum atomic E-state index is 11.5. The second-order valence-electron chi connectivity index (χ2n) is 6.06. The van der Waals surface area contributed by atoms with E-state index in [1.807, 2.05) is 28.8 Å². The zero-order chi connectivity index (χ0) is 14.9. The van der Waals surface area contributed by atoms with Gasteiger partial charge in [-0.25, -0.2) is 4.98 Å². The molecule has 0 unspecified atom stereocenters. The highest BCUT2D eigenvalue weighted by Crippen LogP contribution is 2.39. The quantitative estimate of drug-likeness (QED) is 0.806. The largest absolute Gasteiger partial charge is 0.355 e. The number of hydrogen-bond donors (Lipinski definition) is 0. The highest BCUT2D eigenvalue weighted by molar-refractivity contribution is 5.83. The van der Waals surface area contributed by atoms with Crippen LogP contribution in [0, 0.1) is 5.41 Å². The van der Waals surface area contributed by atoms with Gasteiger partial charge in [0.1, 0.15) is 11.3 Å². The molecule has 1 aliphatic heterocycles. The van der Waals surface area contributed by atoms with Crippen molar-refractivity contribution >= 4 is 17.8 Å². The minimum absolute atomic E-state index is 0.483. The Kier molecular flexibility index (Phi) is 3.70. The lowest BCUT2D eigenvalue weighted by Gasteiger charge is -2.41. The molecule has 2 aromatic heterocycles. The highest BCUT2D eigenvalue weighted by Gasteiger charge is 2.32. The predicted octanol–water partition coefficient (Wildman–Crippen LogP) is 3.55. The molecule has 4 heteroatoms. The first-order valence-corrected chi connectivity index (χ1v) is 7.90. The Labute approximate surface area is 125 Å². The summed E-state index contributed by atoms with van der Waals surface area (Å²) in [5, 5.41) is 0. The van der Waals surface area contributed by atoms with Crippen molar-refractivity contribution in [3.8, 4) is 0 Å². The molecule has 21 heavy (non-hydrogen) atoms. The summed E-state index contributed by atoms with van der Waals surface area (Å²) in [5.74, 6) is 0.844. The lowest BCUT2D eigenvalue weighted by molar-refractivity contribution is 0.111. The topological polar surface area (TPSA) is 37.6 Å². The van der Waals surface area contributed by atoms with Crippen LogP contribution in [-0.4, -0.2) is 28.8 Å². The zero-order valence-corrected chi connectivity index (χ0v) is 12.9. The number of aldehydes is 1. The normalized spacial score (nSPS) is 18.1. The Bertz CT molecular complexity index is 633. The number of rotatable bonds is 4. The van der Waals surface area contributed by atoms with Crippen LogP contribution in [0.3, 0.4) is 0 Å². The highest BCUT2D eigenvalue weighted by atomic mass is 16.1. The number of hydrogen-bond acceptors (Lipinski definition) is 3. The van der Waals surface area contributed by atoms with Gasteiger partial charge in [0.05, 0.1) is 0 Å². The average molecular weight is 285 g/mol. The standard InChI is InChI=1S/C17H23N3O/c1-3-17(4-2)8-11-19(12-9-17)16-14(13-21)20-10-6-5-7-15(20)18-16/h5-7,10,13H,3-4,8-9,11-12H2,1-2H3. The van der Waals surface area contributed by atoms with Crippen LogP contribution in [0.25, 0.3) is 5.65 Å². The number of aromatic nitrogens is 2. The van der Waals surface area contributed by atoms with E-state index in [4.69, 9.17) is 0 Å². The van der Waals surface area contributed by atoms with Crippen molar-refractivity contribution in [1.82, 2.24) is 9.38 Å². The minimum Gasteiger partial charge on any atom is -0.355 e. The molecule has 0 saturated carbocycles. The van der Waals surface area contributed by atoms with Crippen molar-refractivity contribution in [3.63, 3.8) is 0 Å². The number of carbonyl (C=O) groups excluding carboxylic acids is 1. The van der Waals surface area contributed by atoms with Crippen molar-refractivity contribution in [2.45, 2.75) is 39.5 Å². The number of pyridine rings is 1. The fourth-order valence-corrected chi connectivity index (χ4v) is 3.49. The second kappa shape index (κ2) is 5.51. The van der Waals surface area contributed by atoms with Crippen molar-refractivity contribution < 1.29 is 4.79 Å². The summed E-state index contributed by atoms with van der Waals surface area (Å²) < 4.78 is 1.88. The van der Waals surface area contributed by atoms with Crippen molar-refractivity contribution in [2.75, 3.05) is 18.0 Å². The van der Waals surface area contributed by atoms with E-state index >= 15 is 0 Å². The number of piperidine rings is 1. The van der Waals surface area contributed by atoms with Crippen molar-refractivity contribution in [2.24, 2.45) is 5.41 Å². The Morgan fingerprint density at radius 1 is 1.24 bits per heavy atom. The number of anilines is 1. The van der Waals surface area contributed by atoms with E-state index in [0.29, 0.717) is 11.1 Å². The van der Waals surface area contributed by atoms with E-state index in [1.165, 1.54) is 25.7 Å². The van der Waals surface area contributed by atoms with Crippen LogP contribution >= 0.6 is 0 Å². The van der Waals surface area contributed by atoms with E-state index in [9.17, 15) is 4.79 Å². The van der Waals surface area contributed by atoms with E-state index in [1.54, 1.807) is 0 Å². The molecule has 2 aromatic rings. The molecule has 112 valence electrons. The number of fused-ring (bicyclic) bond motifs is 1. The van der Waals surface area contributed by atoms with Gasteiger partial charge in [-0.2, -0.15) is 0 Å². The van der Waals surface area contributed by atoms with Crippen LogP contribution in [0.1, 0.15) is 50.0 Å². The molecule has 0 atom stereocenters. The molecule has 0 radical (unpaired) electrons. The fourth-order valence-electron chi connectivity index (χ4n) is 3.49. The first kappa shape index (κ1) is 14.1. The number of carbonyl (C=O) groups is 1. The molecule has 0 spiro atoms. The summed E-state index contributed by atoms with van der Waals surface area (Å²) in [6.45, 7) is 6.57. The molecule has 1 fully saturated rings. The Hall–Kier alpha value is -1.84. The molecule has 1 aliphatic rings. The number of nitrogens with zero attached hydrogens (tertiary/aromatic N) is 3. The van der Waals surface area contributed by atoms with Gasteiger partial charge in [-0.05, 0) is 30.4 Å². The molecule has 0 aromatic carbocycles. The van der Waals surface area contributed by atoms with E-state index in [2.05, 4.69) is 23.7 Å². The minimum atomic E-state index is 0.483. The third-order valence-corrected chi connectivity index (χ3v) is 5.28. The van der Waals surface area contributed by atoms with Crippen LogP contribution in [-0.2, 0) is 0 Å². The Balaban J connectivity index is 1.90. The summed E-state index contributed by atoms with van der Waals surface area (Å²) in [6.07, 6.45) is 7.68. The fraction of sp³-hybridized carbons (Fsp3) is 0.529. The van der Waals surface area contributed by atoms with Gasteiger partial charge in [0.2, 0.25) is 0 Å². The molecule has 0 aliphatic carbocycles. The SMILES string of the molecule is CCC1(CC)CCN(c2nc3ccccn3c2C=O)CC1. The smallest absolute Gasteiger partial charge is 0.170 e. The van der Waals surface area contributed by atoms with Gasteiger partial charge >= 0.3 is 0 Å². The van der Waals surface area contributed by atoms with Gasteiger partial charge in [0.15, 0.2) is 12.1 Å². The molecular formula is C17H23N3O. The number of imidazole rings is 1. The van der Waals surface area contributed by atoms with Crippen molar-refractivity contribution in [1.29, 1.82) is 0 Å². The summed E-state index contributed by atoms with van der Waals surface area (Å²) >= 11 is 0. The van der Waals surface area contributed by atoms with Gasteiger partial charge in [0, 0.05) is 19.3 Å². The third kappa shape index (κ3) is 2.33. The maximum absolute atomic E-state index is 11.5. The van der Waals surface area contributed by atoms with Crippen LogP contribution in [0.15, 0.2) is 24.4 Å². The molecule has 0 N–H and O–H groups in total. The van der Waals surface area contributed by atoms with Crippen LogP contribution in [0.4, 0.5) is 5.82 Å². The van der Waals surface area contributed by atoms with E-state index < -0.39 is 0 Å². The van der Waals surface area contributed by atoms with E-state index in [-0.39, 0.29) is 0 Å². The summed E-state index contributed by atoms with van der Waals surface area (Å²) in [7, 11) is 0. The maximum Gasteiger partial charge on any atom is 0.170 e. The summed E-state index contributed by atoms with van der Waals surface area (Å²) in [5.41, 5.74) is 2.00. The molecule has 1 saturated heterocycles. The van der Waals surface area contributed by atoms with Crippen LogP contribution in [0.5, 0.6) is 0 Å². The van der Waals surface area contributed by atoms with Crippen LogP contribution < -0.4 is 4.90 Å². The molecular weight excluding hydrogens is 262 g/mol. The Morgan fingerprint density at radius 3 is 2.57 bits per heavy atom. The third-order valence-electron chi connectivity index (χ3n) is 5.28. The Morgan fingerprint density at radius 2 is 1.95 bits per heavy atom. The van der Waals surface area contributed by atoms with Gasteiger partial charge in [-0.3, -0.25) is 9.20 Å². The van der Waals surface area contributed by atoms with Crippen LogP contribution in [0.2, 0.25) is 0 Å². The summed E-state index contributed by atoms with van der Waals surface area (Å²) in [6, 6.07) is 5.83. The zero-order valence-electron chi connectivity index (χ0n) is 12.9. The molecule has 0 bridgehead atoms. The van der Waals surface area contributed by atoms with Gasteiger partial charge in [0.25, 0.3) is 0 Å². The monoisotopic (exact) mass is 285 g/mol. The predicted molar refractivity (Wildman–Crippen MR) is 85.0 cm³/mol. The van der Waals surface area contributed by atoms with Gasteiger partial charge in [-0.1, -0.05) is 32.8 Å². The average Bonchev–Trinajstić information content (AvgIpc) is 2.93. The first-order valence-electron chi connectivity index (χ1n) is 7.90. The summed E-state index contributed by atoms with van der Waals surface area (Å²) in [4.78, 5) is 18.4. The van der Waals surface area contributed by atoms with Crippen molar-refractivity contribution in [3.05, 3.63) is 30.1 Å². The second-order valence-corrected chi connectivity index (χ2v) is 6.06.